The molecule has 1 aromatic carbocycles. The van der Waals surface area contributed by atoms with Crippen molar-refractivity contribution in [1.82, 2.24) is 0 Å². The molecule has 1 aromatic rings. The molecule has 1 nitrogen and oxygen atoms in total. The minimum Gasteiger partial charge on any atom is -0.493 e. The quantitative estimate of drug-likeness (QED) is 0.735. The van der Waals surface area contributed by atoms with E-state index in [9.17, 15) is 0 Å². The SMILES string of the molecule is CCc1cccc(OCC2CCCCC2)c1. The molecule has 0 radical (unpaired) electrons. The summed E-state index contributed by atoms with van der Waals surface area (Å²) >= 11 is 0. The van der Waals surface area contributed by atoms with E-state index in [1.165, 1.54) is 37.7 Å². The number of benzene rings is 1. The second kappa shape index (κ2) is 5.93. The van der Waals surface area contributed by atoms with Crippen molar-refractivity contribution in [2.75, 3.05) is 6.61 Å². The molecular weight excluding hydrogens is 196 g/mol. The van der Waals surface area contributed by atoms with Crippen molar-refractivity contribution >= 4 is 0 Å². The van der Waals surface area contributed by atoms with Crippen LogP contribution < -0.4 is 4.74 Å². The van der Waals surface area contributed by atoms with Gasteiger partial charge in [-0.3, -0.25) is 0 Å². The molecule has 1 fully saturated rings. The highest BCUT2D eigenvalue weighted by atomic mass is 16.5. The summed E-state index contributed by atoms with van der Waals surface area (Å²) in [5.41, 5.74) is 1.36. The zero-order valence-corrected chi connectivity index (χ0v) is 10.2. The molecule has 16 heavy (non-hydrogen) atoms. The summed E-state index contributed by atoms with van der Waals surface area (Å²) < 4.78 is 5.89. The Morgan fingerprint density at radius 3 is 2.75 bits per heavy atom. The molecule has 1 saturated carbocycles. The fourth-order valence-electron chi connectivity index (χ4n) is 2.42. The van der Waals surface area contributed by atoms with Crippen molar-refractivity contribution < 1.29 is 4.74 Å². The van der Waals surface area contributed by atoms with Gasteiger partial charge in [0.2, 0.25) is 0 Å². The van der Waals surface area contributed by atoms with Crippen LogP contribution in [0.25, 0.3) is 0 Å². The first-order valence-corrected chi connectivity index (χ1v) is 6.60. The van der Waals surface area contributed by atoms with E-state index in [0.717, 1.165) is 24.7 Å². The summed E-state index contributed by atoms with van der Waals surface area (Å²) in [6, 6.07) is 8.49. The molecular formula is C15H22O. The van der Waals surface area contributed by atoms with E-state index in [4.69, 9.17) is 4.74 Å². The summed E-state index contributed by atoms with van der Waals surface area (Å²) in [4.78, 5) is 0. The zero-order chi connectivity index (χ0) is 11.2. The van der Waals surface area contributed by atoms with Crippen molar-refractivity contribution in [1.29, 1.82) is 0 Å². The molecule has 0 saturated heterocycles. The van der Waals surface area contributed by atoms with Crippen LogP contribution in [0.4, 0.5) is 0 Å². The molecule has 0 aromatic heterocycles. The van der Waals surface area contributed by atoms with Gasteiger partial charge in [0.05, 0.1) is 6.61 Å². The van der Waals surface area contributed by atoms with Gasteiger partial charge in [-0.25, -0.2) is 0 Å². The van der Waals surface area contributed by atoms with E-state index in [1.54, 1.807) is 0 Å². The first-order chi connectivity index (χ1) is 7.88. The lowest BCUT2D eigenvalue weighted by Crippen LogP contribution is -2.15. The molecule has 1 heteroatoms. The maximum absolute atomic E-state index is 5.89. The van der Waals surface area contributed by atoms with Gasteiger partial charge in [0.1, 0.15) is 5.75 Å². The molecule has 1 aliphatic carbocycles. The van der Waals surface area contributed by atoms with Crippen LogP contribution in [0.15, 0.2) is 24.3 Å². The molecule has 88 valence electrons. The second-order valence-electron chi connectivity index (χ2n) is 4.82. The fraction of sp³-hybridized carbons (Fsp3) is 0.600. The van der Waals surface area contributed by atoms with E-state index in [0.29, 0.717) is 0 Å². The Balaban J connectivity index is 1.83. The van der Waals surface area contributed by atoms with Gasteiger partial charge in [-0.2, -0.15) is 0 Å². The molecule has 0 spiro atoms. The molecule has 1 aliphatic rings. The summed E-state index contributed by atoms with van der Waals surface area (Å²) in [6.07, 6.45) is 8.00. The molecule has 0 aliphatic heterocycles. The Bertz CT molecular complexity index is 313. The third kappa shape index (κ3) is 3.26. The van der Waals surface area contributed by atoms with E-state index < -0.39 is 0 Å². The van der Waals surface area contributed by atoms with E-state index in [-0.39, 0.29) is 0 Å². The Kier molecular flexibility index (Phi) is 4.26. The van der Waals surface area contributed by atoms with E-state index >= 15 is 0 Å². The minimum absolute atomic E-state index is 0.791. The van der Waals surface area contributed by atoms with Crippen LogP contribution in [-0.2, 0) is 6.42 Å². The van der Waals surface area contributed by atoms with Gasteiger partial charge >= 0.3 is 0 Å². The average Bonchev–Trinajstić information content (AvgIpc) is 2.38. The zero-order valence-electron chi connectivity index (χ0n) is 10.2. The van der Waals surface area contributed by atoms with Gasteiger partial charge in [-0.15, -0.1) is 0 Å². The Labute approximate surface area is 98.8 Å². The predicted molar refractivity (Wildman–Crippen MR) is 67.9 cm³/mol. The number of ether oxygens (including phenoxy) is 1. The molecule has 2 rings (SSSR count). The van der Waals surface area contributed by atoms with Crippen LogP contribution in [0, 0.1) is 5.92 Å². The highest BCUT2D eigenvalue weighted by molar-refractivity contribution is 5.28. The number of hydrogen-bond acceptors (Lipinski definition) is 1. The lowest BCUT2D eigenvalue weighted by molar-refractivity contribution is 0.208. The lowest BCUT2D eigenvalue weighted by Gasteiger charge is -2.21. The van der Waals surface area contributed by atoms with Crippen molar-refractivity contribution in [3.05, 3.63) is 29.8 Å². The van der Waals surface area contributed by atoms with Crippen LogP contribution in [0.2, 0.25) is 0 Å². The average molecular weight is 218 g/mol. The minimum atomic E-state index is 0.791. The second-order valence-corrected chi connectivity index (χ2v) is 4.82. The van der Waals surface area contributed by atoms with Gasteiger partial charge < -0.3 is 4.74 Å². The van der Waals surface area contributed by atoms with Crippen LogP contribution >= 0.6 is 0 Å². The molecule has 0 unspecified atom stereocenters. The van der Waals surface area contributed by atoms with Crippen molar-refractivity contribution in [3.63, 3.8) is 0 Å². The topological polar surface area (TPSA) is 9.23 Å². The number of rotatable bonds is 4. The van der Waals surface area contributed by atoms with Crippen molar-refractivity contribution in [3.8, 4) is 5.75 Å². The maximum atomic E-state index is 5.89. The fourth-order valence-corrected chi connectivity index (χ4v) is 2.42. The summed E-state index contributed by atoms with van der Waals surface area (Å²) in [6.45, 7) is 3.09. The molecule has 0 heterocycles. The van der Waals surface area contributed by atoms with Gasteiger partial charge in [-0.05, 0) is 42.9 Å². The Morgan fingerprint density at radius 2 is 2.00 bits per heavy atom. The highest BCUT2D eigenvalue weighted by Gasteiger charge is 2.13. The van der Waals surface area contributed by atoms with Gasteiger partial charge in [0, 0.05) is 0 Å². The Morgan fingerprint density at radius 1 is 1.19 bits per heavy atom. The van der Waals surface area contributed by atoms with Crippen LogP contribution in [0.3, 0.4) is 0 Å². The largest absolute Gasteiger partial charge is 0.493 e. The van der Waals surface area contributed by atoms with E-state index in [1.807, 2.05) is 0 Å². The predicted octanol–water partition coefficient (Wildman–Crippen LogP) is 4.21. The van der Waals surface area contributed by atoms with Crippen molar-refractivity contribution in [2.45, 2.75) is 45.4 Å². The number of aryl methyl sites for hydroxylation is 1. The molecule has 0 bridgehead atoms. The number of hydrogen-bond donors (Lipinski definition) is 0. The van der Waals surface area contributed by atoms with Crippen LogP contribution in [0.1, 0.15) is 44.6 Å². The smallest absolute Gasteiger partial charge is 0.119 e. The van der Waals surface area contributed by atoms with Gasteiger partial charge in [-0.1, -0.05) is 38.3 Å². The standard InChI is InChI=1S/C15H22O/c1-2-13-9-6-10-15(11-13)16-12-14-7-4-3-5-8-14/h6,9-11,14H,2-5,7-8,12H2,1H3. The first-order valence-electron chi connectivity index (χ1n) is 6.60. The Hall–Kier alpha value is -0.980. The summed E-state index contributed by atoms with van der Waals surface area (Å²) in [5, 5.41) is 0. The third-order valence-electron chi connectivity index (χ3n) is 3.52. The molecule has 0 N–H and O–H groups in total. The first kappa shape index (κ1) is 11.5. The summed E-state index contributed by atoms with van der Waals surface area (Å²) in [7, 11) is 0. The summed E-state index contributed by atoms with van der Waals surface area (Å²) in [5.74, 6) is 1.84. The molecule has 0 atom stereocenters. The van der Waals surface area contributed by atoms with Crippen molar-refractivity contribution in [2.24, 2.45) is 5.92 Å². The monoisotopic (exact) mass is 218 g/mol. The molecule has 0 amide bonds. The third-order valence-corrected chi connectivity index (χ3v) is 3.52. The lowest BCUT2D eigenvalue weighted by atomic mass is 9.90. The highest BCUT2D eigenvalue weighted by Crippen LogP contribution is 2.24. The van der Waals surface area contributed by atoms with E-state index in [2.05, 4.69) is 31.2 Å². The maximum Gasteiger partial charge on any atom is 0.119 e. The van der Waals surface area contributed by atoms with Crippen LogP contribution in [0.5, 0.6) is 5.75 Å². The van der Waals surface area contributed by atoms with Gasteiger partial charge in [0.15, 0.2) is 0 Å². The van der Waals surface area contributed by atoms with Gasteiger partial charge in [0.25, 0.3) is 0 Å². The van der Waals surface area contributed by atoms with Crippen LogP contribution in [-0.4, -0.2) is 6.61 Å². The normalized spacial score (nSPS) is 17.3.